The van der Waals surface area contributed by atoms with Gasteiger partial charge in [-0.2, -0.15) is 0 Å². The topological polar surface area (TPSA) is 82.3 Å². The highest BCUT2D eigenvalue weighted by Gasteiger charge is 2.25. The number of rotatable bonds is 11. The van der Waals surface area contributed by atoms with Crippen LogP contribution in [-0.2, 0) is 10.3 Å². The maximum absolute atomic E-state index is 10.4. The number of hydrogen-bond acceptors (Lipinski definition) is 5. The van der Waals surface area contributed by atoms with Crippen LogP contribution in [0.2, 0.25) is 0 Å². The van der Waals surface area contributed by atoms with Gasteiger partial charge in [0.15, 0.2) is 5.96 Å². The van der Waals surface area contributed by atoms with Crippen molar-refractivity contribution in [2.45, 2.75) is 25.9 Å². The summed E-state index contributed by atoms with van der Waals surface area (Å²) < 4.78 is 10.3. The first-order valence-electron chi connectivity index (χ1n) is 8.45. The molecule has 0 saturated carbocycles. The molecule has 1 heterocycles. The predicted octanol–water partition coefficient (Wildman–Crippen LogP) is 1.01. The molecule has 1 aromatic rings. The second kappa shape index (κ2) is 11.1. The van der Waals surface area contributed by atoms with Crippen molar-refractivity contribution < 1.29 is 14.3 Å². The highest BCUT2D eigenvalue weighted by atomic mass is 16.5. The molecule has 3 N–H and O–H groups in total. The summed E-state index contributed by atoms with van der Waals surface area (Å²) in [6.07, 6.45) is 2.55. The van der Waals surface area contributed by atoms with E-state index in [2.05, 4.69) is 27.6 Å². The van der Waals surface area contributed by atoms with Crippen molar-refractivity contribution in [1.29, 1.82) is 0 Å². The molecular formula is C17H32N4O3. The fourth-order valence-electron chi connectivity index (χ4n) is 2.15. The van der Waals surface area contributed by atoms with Crippen molar-refractivity contribution in [2.75, 3.05) is 53.5 Å². The van der Waals surface area contributed by atoms with E-state index in [0.717, 1.165) is 39.2 Å². The van der Waals surface area contributed by atoms with Crippen molar-refractivity contribution in [1.82, 2.24) is 15.5 Å². The van der Waals surface area contributed by atoms with Gasteiger partial charge >= 0.3 is 0 Å². The lowest BCUT2D eigenvalue weighted by atomic mass is 10.0. The van der Waals surface area contributed by atoms with Gasteiger partial charge in [0.2, 0.25) is 0 Å². The van der Waals surface area contributed by atoms with Gasteiger partial charge in [-0.1, -0.05) is 0 Å². The molecule has 1 rings (SSSR count). The first kappa shape index (κ1) is 20.5. The number of furan rings is 1. The van der Waals surface area contributed by atoms with Crippen LogP contribution in [-0.4, -0.2) is 69.5 Å². The molecule has 138 valence electrons. The highest BCUT2D eigenvalue weighted by Crippen LogP contribution is 2.20. The normalized spacial score (nSPS) is 14.7. The molecule has 0 aliphatic heterocycles. The second-order valence-electron chi connectivity index (χ2n) is 6.02. The number of nitrogens with one attached hydrogen (secondary N) is 2. The van der Waals surface area contributed by atoms with Crippen LogP contribution in [0.5, 0.6) is 0 Å². The Bertz CT molecular complexity index is 460. The van der Waals surface area contributed by atoms with Crippen molar-refractivity contribution in [3.63, 3.8) is 0 Å². The van der Waals surface area contributed by atoms with E-state index in [0.29, 0.717) is 11.7 Å². The summed E-state index contributed by atoms with van der Waals surface area (Å²) >= 11 is 0. The summed E-state index contributed by atoms with van der Waals surface area (Å²) in [5.74, 6) is 1.21. The summed E-state index contributed by atoms with van der Waals surface area (Å²) in [6, 6.07) is 3.52. The largest absolute Gasteiger partial charge is 0.466 e. The van der Waals surface area contributed by atoms with Gasteiger partial charge in [-0.05, 0) is 46.0 Å². The Hall–Kier alpha value is -1.57. The lowest BCUT2D eigenvalue weighted by Gasteiger charge is -2.20. The molecule has 1 aromatic heterocycles. The molecule has 0 aliphatic rings. The van der Waals surface area contributed by atoms with E-state index in [-0.39, 0.29) is 6.54 Å². The lowest BCUT2D eigenvalue weighted by molar-refractivity contribution is 0.0437. The Morgan fingerprint density at radius 3 is 2.83 bits per heavy atom. The van der Waals surface area contributed by atoms with Crippen molar-refractivity contribution >= 4 is 5.96 Å². The number of aliphatic imine (C=N–C) groups is 1. The lowest BCUT2D eigenvalue weighted by Crippen LogP contribution is -2.40. The fraction of sp³-hybridized carbons (Fsp3) is 0.706. The number of nitrogens with zero attached hydrogens (tertiary/aromatic N) is 2. The molecular weight excluding hydrogens is 308 g/mol. The van der Waals surface area contributed by atoms with Crippen LogP contribution < -0.4 is 10.6 Å². The zero-order valence-electron chi connectivity index (χ0n) is 15.3. The molecule has 1 unspecified atom stereocenters. The first-order valence-corrected chi connectivity index (χ1v) is 8.45. The zero-order valence-corrected chi connectivity index (χ0v) is 15.3. The number of methoxy groups -OCH3 is 1. The van der Waals surface area contributed by atoms with E-state index in [9.17, 15) is 5.11 Å². The van der Waals surface area contributed by atoms with Gasteiger partial charge in [0.25, 0.3) is 0 Å². The van der Waals surface area contributed by atoms with Crippen molar-refractivity contribution in [2.24, 2.45) is 4.99 Å². The fourth-order valence-corrected chi connectivity index (χ4v) is 2.15. The average molecular weight is 340 g/mol. The van der Waals surface area contributed by atoms with Crippen molar-refractivity contribution in [3.8, 4) is 0 Å². The van der Waals surface area contributed by atoms with Gasteiger partial charge in [-0.3, -0.25) is 0 Å². The second-order valence-corrected chi connectivity index (χ2v) is 6.02. The monoisotopic (exact) mass is 340 g/mol. The van der Waals surface area contributed by atoms with Gasteiger partial charge < -0.3 is 29.8 Å². The van der Waals surface area contributed by atoms with Crippen molar-refractivity contribution in [3.05, 3.63) is 24.2 Å². The van der Waals surface area contributed by atoms with Gasteiger partial charge in [0.05, 0.1) is 19.4 Å². The number of aliphatic hydroxyl groups is 1. The molecule has 0 bridgehead atoms. The van der Waals surface area contributed by atoms with Crippen LogP contribution in [0.4, 0.5) is 0 Å². The quantitative estimate of drug-likeness (QED) is 0.317. The standard InChI is InChI=1S/C17H32N4O3/c1-5-18-16(19-9-7-10-21(3)11-13-23-4)20-14-17(2,22)15-8-6-12-24-15/h6,8,12,22H,5,7,9-11,13-14H2,1-4H3,(H2,18,19,20). The summed E-state index contributed by atoms with van der Waals surface area (Å²) in [5, 5.41) is 16.9. The minimum absolute atomic E-state index is 0.226. The minimum Gasteiger partial charge on any atom is -0.466 e. The Balaban J connectivity index is 2.40. The average Bonchev–Trinajstić information content (AvgIpc) is 3.10. The van der Waals surface area contributed by atoms with Crippen LogP contribution in [0, 0.1) is 0 Å². The number of ether oxygens (including phenoxy) is 1. The number of hydrogen-bond donors (Lipinski definition) is 3. The molecule has 0 aromatic carbocycles. The molecule has 0 saturated heterocycles. The molecule has 1 atom stereocenters. The number of likely N-dealkylation sites (N-methyl/N-ethyl adjacent to an activating group) is 1. The molecule has 0 aliphatic carbocycles. The summed E-state index contributed by atoms with van der Waals surface area (Å²) in [6.45, 7) is 8.18. The summed E-state index contributed by atoms with van der Waals surface area (Å²) in [4.78, 5) is 6.69. The predicted molar refractivity (Wildman–Crippen MR) is 96.3 cm³/mol. The summed E-state index contributed by atoms with van der Waals surface area (Å²) in [5.41, 5.74) is -1.12. The molecule has 0 radical (unpaired) electrons. The highest BCUT2D eigenvalue weighted by molar-refractivity contribution is 5.79. The van der Waals surface area contributed by atoms with Crippen LogP contribution in [0.1, 0.15) is 26.0 Å². The smallest absolute Gasteiger partial charge is 0.191 e. The third kappa shape index (κ3) is 7.81. The van der Waals surface area contributed by atoms with Crippen LogP contribution >= 0.6 is 0 Å². The van der Waals surface area contributed by atoms with Gasteiger partial charge in [-0.15, -0.1) is 0 Å². The van der Waals surface area contributed by atoms with Crippen LogP contribution in [0.15, 0.2) is 27.8 Å². The zero-order chi connectivity index (χ0) is 17.8. The van der Waals surface area contributed by atoms with E-state index >= 15 is 0 Å². The Morgan fingerprint density at radius 2 is 2.21 bits per heavy atom. The molecule has 0 amide bonds. The number of guanidine groups is 1. The molecule has 7 nitrogen and oxygen atoms in total. The van der Waals surface area contributed by atoms with E-state index in [1.807, 2.05) is 6.92 Å². The van der Waals surface area contributed by atoms with E-state index in [1.54, 1.807) is 32.4 Å². The van der Waals surface area contributed by atoms with E-state index in [1.165, 1.54) is 0 Å². The first-order chi connectivity index (χ1) is 11.5. The third-order valence-electron chi connectivity index (χ3n) is 3.63. The Morgan fingerprint density at radius 1 is 1.42 bits per heavy atom. The Kier molecular flexibility index (Phi) is 9.44. The Labute approximate surface area is 145 Å². The van der Waals surface area contributed by atoms with Crippen LogP contribution in [0.25, 0.3) is 0 Å². The maximum Gasteiger partial charge on any atom is 0.191 e. The molecule has 0 fully saturated rings. The molecule has 24 heavy (non-hydrogen) atoms. The SMILES string of the molecule is CCNC(=NCC(C)(O)c1ccco1)NCCCN(C)CCOC. The molecule has 7 heteroatoms. The van der Waals surface area contributed by atoms with Gasteiger partial charge in [0, 0.05) is 26.7 Å². The molecule has 0 spiro atoms. The van der Waals surface area contributed by atoms with Gasteiger partial charge in [0.1, 0.15) is 11.4 Å². The van der Waals surface area contributed by atoms with Crippen LogP contribution in [0.3, 0.4) is 0 Å². The van der Waals surface area contributed by atoms with E-state index < -0.39 is 5.60 Å². The summed E-state index contributed by atoms with van der Waals surface area (Å²) in [7, 11) is 3.80. The van der Waals surface area contributed by atoms with Gasteiger partial charge in [-0.25, -0.2) is 4.99 Å². The van der Waals surface area contributed by atoms with E-state index in [4.69, 9.17) is 9.15 Å². The minimum atomic E-state index is -1.12. The maximum atomic E-state index is 10.4. The third-order valence-corrected chi connectivity index (χ3v) is 3.63.